The molecule has 0 saturated heterocycles. The summed E-state index contributed by atoms with van der Waals surface area (Å²) in [5.74, 6) is 2.28. The van der Waals surface area contributed by atoms with Gasteiger partial charge in [-0.1, -0.05) is 144 Å². The van der Waals surface area contributed by atoms with Gasteiger partial charge in [0.05, 0.1) is 19.8 Å². The minimum Gasteiger partial charge on any atom is -0.466 e. The number of unbranched alkanes of at least 4 members (excludes halogenated alkanes) is 6. The molecule has 0 aromatic carbocycles. The summed E-state index contributed by atoms with van der Waals surface area (Å²) in [6.45, 7) is 18.1. The van der Waals surface area contributed by atoms with Crippen molar-refractivity contribution in [3.8, 4) is 0 Å². The average Bonchev–Trinajstić information content (AvgIpc) is 3.61. The van der Waals surface area contributed by atoms with Crippen LogP contribution in [-0.2, 0) is 28.6 Å². The molecule has 4 aliphatic carbocycles. The molecule has 0 amide bonds. The van der Waals surface area contributed by atoms with E-state index in [1.807, 2.05) is 0 Å². The van der Waals surface area contributed by atoms with Crippen molar-refractivity contribution >= 4 is 17.9 Å². The van der Waals surface area contributed by atoms with Crippen molar-refractivity contribution in [2.24, 2.45) is 34.0 Å². The summed E-state index contributed by atoms with van der Waals surface area (Å²) in [5.41, 5.74) is 0.936. The maximum atomic E-state index is 12.8. The van der Waals surface area contributed by atoms with Gasteiger partial charge in [-0.3, -0.25) is 14.4 Å². The summed E-state index contributed by atoms with van der Waals surface area (Å²) in [7, 11) is 0. The standard InChI is InChI=1S/C54H99NO6/c1-7-13-25-46(26-14-8-2)29-17-19-31-49(56)59-38-22-34-52-41-48-42-53(43-52,35-23-39-60-51(58)33-21-37-55(11-5)12-6)45-54(48,44-52)36-24-40-61-50(57)32-20-18-30-47(27-15-9-3)28-16-10-4/h46-48H,7-45H2,1-6H3. The van der Waals surface area contributed by atoms with E-state index in [1.54, 1.807) is 0 Å². The van der Waals surface area contributed by atoms with E-state index in [1.165, 1.54) is 122 Å². The molecule has 4 rings (SSSR count). The van der Waals surface area contributed by atoms with Crippen molar-refractivity contribution in [2.45, 2.75) is 253 Å². The Hall–Kier alpha value is -1.63. The van der Waals surface area contributed by atoms with Gasteiger partial charge in [0, 0.05) is 19.3 Å². The van der Waals surface area contributed by atoms with E-state index in [-0.39, 0.29) is 17.9 Å². The highest BCUT2D eigenvalue weighted by Gasteiger charge is 2.67. The maximum Gasteiger partial charge on any atom is 0.305 e. The van der Waals surface area contributed by atoms with Crippen LogP contribution in [-0.4, -0.2) is 62.3 Å². The van der Waals surface area contributed by atoms with E-state index in [0.29, 0.717) is 61.2 Å². The molecule has 0 aliphatic heterocycles. The number of hydrogen-bond donors (Lipinski definition) is 0. The zero-order chi connectivity index (χ0) is 44.2. The van der Waals surface area contributed by atoms with E-state index in [2.05, 4.69) is 46.4 Å². The first-order valence-electron chi connectivity index (χ1n) is 26.8. The van der Waals surface area contributed by atoms with Gasteiger partial charge in [-0.2, -0.15) is 0 Å². The van der Waals surface area contributed by atoms with Gasteiger partial charge in [0.15, 0.2) is 0 Å². The Morgan fingerprint density at radius 2 is 0.852 bits per heavy atom. The first-order valence-corrected chi connectivity index (χ1v) is 26.8. The third kappa shape index (κ3) is 20.0. The summed E-state index contributed by atoms with van der Waals surface area (Å²) >= 11 is 0. The highest BCUT2D eigenvalue weighted by atomic mass is 16.5. The minimum atomic E-state index is -0.0521. The van der Waals surface area contributed by atoms with Crippen LogP contribution in [0, 0.1) is 34.0 Å². The highest BCUT2D eigenvalue weighted by molar-refractivity contribution is 5.69. The maximum absolute atomic E-state index is 12.8. The SMILES string of the molecule is CCCCC(CCCC)CCCCC(=O)OCCCC12CC3CC(CCCOC(=O)CCCN(CC)CC)(C1)CC3(CCCOC(=O)CCCCC(CCCC)CCCC)C2. The molecule has 0 N–H and O–H groups in total. The molecule has 0 aromatic heterocycles. The van der Waals surface area contributed by atoms with Gasteiger partial charge >= 0.3 is 17.9 Å². The minimum absolute atomic E-state index is 0.0124. The van der Waals surface area contributed by atoms with Gasteiger partial charge in [0.25, 0.3) is 0 Å². The van der Waals surface area contributed by atoms with E-state index >= 15 is 0 Å². The molecule has 4 aliphatic rings. The lowest BCUT2D eigenvalue weighted by atomic mass is 9.56. The van der Waals surface area contributed by atoms with Crippen molar-refractivity contribution in [1.29, 1.82) is 0 Å². The van der Waals surface area contributed by atoms with Crippen LogP contribution in [0.4, 0.5) is 0 Å². The molecule has 4 unspecified atom stereocenters. The van der Waals surface area contributed by atoms with Crippen molar-refractivity contribution in [1.82, 2.24) is 4.90 Å². The molecule has 0 spiro atoms. The highest BCUT2D eigenvalue weighted by Crippen LogP contribution is 2.77. The molecule has 4 fully saturated rings. The second-order valence-corrected chi connectivity index (χ2v) is 20.9. The van der Waals surface area contributed by atoms with E-state index in [4.69, 9.17) is 14.2 Å². The molecule has 0 aromatic rings. The molecule has 356 valence electrons. The number of nitrogens with zero attached hydrogens (tertiary/aromatic N) is 1. The molecular formula is C54H99NO6. The quantitative estimate of drug-likeness (QED) is 0.0345. The Morgan fingerprint density at radius 1 is 0.475 bits per heavy atom. The third-order valence-corrected chi connectivity index (χ3v) is 15.8. The zero-order valence-corrected chi connectivity index (χ0v) is 41.2. The van der Waals surface area contributed by atoms with Crippen LogP contribution in [0.1, 0.15) is 253 Å². The van der Waals surface area contributed by atoms with Crippen LogP contribution in [0.25, 0.3) is 0 Å². The Labute approximate surface area is 377 Å². The molecule has 4 atom stereocenters. The van der Waals surface area contributed by atoms with Gasteiger partial charge in [-0.05, 0) is 144 Å². The van der Waals surface area contributed by atoms with Gasteiger partial charge in [-0.25, -0.2) is 0 Å². The van der Waals surface area contributed by atoms with Crippen molar-refractivity contribution in [2.75, 3.05) is 39.5 Å². The zero-order valence-electron chi connectivity index (χ0n) is 41.2. The lowest BCUT2D eigenvalue weighted by Gasteiger charge is -2.48. The van der Waals surface area contributed by atoms with E-state index < -0.39 is 0 Å². The molecule has 7 nitrogen and oxygen atoms in total. The Kier molecular flexibility index (Phi) is 26.9. The number of carbonyl (C=O) groups is 3. The van der Waals surface area contributed by atoms with E-state index in [9.17, 15) is 14.4 Å². The number of rotatable bonds is 40. The van der Waals surface area contributed by atoms with Crippen LogP contribution in [0.3, 0.4) is 0 Å². The Balaban J connectivity index is 1.47. The van der Waals surface area contributed by atoms with E-state index in [0.717, 1.165) is 102 Å². The molecule has 61 heavy (non-hydrogen) atoms. The molecule has 7 heteroatoms. The summed E-state index contributed by atoms with van der Waals surface area (Å²) in [4.78, 5) is 40.5. The van der Waals surface area contributed by atoms with Gasteiger partial charge < -0.3 is 19.1 Å². The van der Waals surface area contributed by atoms with Crippen LogP contribution in [0.2, 0.25) is 0 Å². The summed E-state index contributed by atoms with van der Waals surface area (Å²) in [6.07, 6.45) is 37.4. The van der Waals surface area contributed by atoms with Crippen LogP contribution < -0.4 is 0 Å². The fourth-order valence-electron chi connectivity index (χ4n) is 12.9. The van der Waals surface area contributed by atoms with Crippen molar-refractivity contribution in [3.05, 3.63) is 0 Å². The molecule has 4 saturated carbocycles. The lowest BCUT2D eigenvalue weighted by molar-refractivity contribution is -0.145. The van der Waals surface area contributed by atoms with Crippen LogP contribution in [0.15, 0.2) is 0 Å². The van der Waals surface area contributed by atoms with Gasteiger partial charge in [-0.15, -0.1) is 0 Å². The topological polar surface area (TPSA) is 82.1 Å². The largest absolute Gasteiger partial charge is 0.466 e. The molecule has 0 heterocycles. The van der Waals surface area contributed by atoms with Crippen LogP contribution in [0.5, 0.6) is 0 Å². The number of hydrogen-bond acceptors (Lipinski definition) is 7. The first kappa shape index (κ1) is 53.7. The second-order valence-electron chi connectivity index (χ2n) is 20.9. The number of carbonyl (C=O) groups excluding carboxylic acids is 3. The molecule has 0 radical (unpaired) electrons. The van der Waals surface area contributed by atoms with Crippen LogP contribution >= 0.6 is 0 Å². The predicted octanol–water partition coefficient (Wildman–Crippen LogP) is 14.8. The normalized spacial score (nSPS) is 22.9. The van der Waals surface area contributed by atoms with Crippen molar-refractivity contribution < 1.29 is 28.6 Å². The summed E-state index contributed by atoms with van der Waals surface area (Å²) < 4.78 is 17.5. The van der Waals surface area contributed by atoms with Crippen molar-refractivity contribution in [3.63, 3.8) is 0 Å². The fourth-order valence-corrected chi connectivity index (χ4v) is 12.9. The second kappa shape index (κ2) is 30.5. The lowest BCUT2D eigenvalue weighted by Crippen LogP contribution is -2.38. The smallest absolute Gasteiger partial charge is 0.305 e. The van der Waals surface area contributed by atoms with Gasteiger partial charge in [0.2, 0.25) is 0 Å². The Bertz CT molecular complexity index is 1170. The monoisotopic (exact) mass is 858 g/mol. The fraction of sp³-hybridized carbons (Fsp3) is 0.944. The first-order chi connectivity index (χ1) is 29.6. The Morgan fingerprint density at radius 3 is 1.25 bits per heavy atom. The molecule has 4 bridgehead atoms. The third-order valence-electron chi connectivity index (χ3n) is 15.8. The van der Waals surface area contributed by atoms with Gasteiger partial charge in [0.1, 0.15) is 0 Å². The summed E-state index contributed by atoms with van der Waals surface area (Å²) in [6, 6.07) is 0. The summed E-state index contributed by atoms with van der Waals surface area (Å²) in [5, 5.41) is 0. The molecular weight excluding hydrogens is 759 g/mol. The predicted molar refractivity (Wildman–Crippen MR) is 253 cm³/mol. The number of esters is 3. The number of ether oxygens (including phenoxy) is 3. The average molecular weight is 858 g/mol.